The van der Waals surface area contributed by atoms with Crippen LogP contribution in [0.2, 0.25) is 0 Å². The van der Waals surface area contributed by atoms with Crippen LogP contribution in [0.5, 0.6) is 0 Å². The number of likely N-dealkylation sites (N-methyl/N-ethyl adjacent to an activating group) is 1. The lowest BCUT2D eigenvalue weighted by atomic mass is 10.1. The Kier molecular flexibility index (Phi) is 4.06. The fourth-order valence-electron chi connectivity index (χ4n) is 1.20. The number of amides is 1. The molecule has 1 amide bonds. The van der Waals surface area contributed by atoms with Crippen molar-refractivity contribution in [1.29, 1.82) is 0 Å². The van der Waals surface area contributed by atoms with Crippen LogP contribution in [0.1, 0.15) is 10.4 Å². The van der Waals surface area contributed by atoms with E-state index in [0.717, 1.165) is 11.0 Å². The molecular formula is C10H9F3N2OS. The molecule has 0 heterocycles. The molecule has 1 rings (SSSR count). The standard InChI is InChI=1S/C10H9F3N2OS/c1-15(4-7(14)17)10(16)5-2-3-6(11)9(13)8(5)12/h2-3H,4H2,1H3,(H2,14,17). The van der Waals surface area contributed by atoms with Crippen LogP contribution in [0, 0.1) is 17.5 Å². The maximum absolute atomic E-state index is 13.3. The average Bonchev–Trinajstić information content (AvgIpc) is 2.24. The summed E-state index contributed by atoms with van der Waals surface area (Å²) in [6.07, 6.45) is 0. The predicted octanol–water partition coefficient (Wildman–Crippen LogP) is 1.46. The summed E-state index contributed by atoms with van der Waals surface area (Å²) < 4.78 is 38.8. The smallest absolute Gasteiger partial charge is 0.257 e. The minimum atomic E-state index is -1.68. The van der Waals surface area contributed by atoms with Gasteiger partial charge in [0, 0.05) is 7.05 Å². The first-order chi connectivity index (χ1) is 7.84. The number of nitrogens with two attached hydrogens (primary N) is 1. The Labute approximate surface area is 101 Å². The Morgan fingerprint density at radius 3 is 2.47 bits per heavy atom. The van der Waals surface area contributed by atoms with Crippen LogP contribution in [0.15, 0.2) is 12.1 Å². The van der Waals surface area contributed by atoms with Crippen LogP contribution in [0.3, 0.4) is 0 Å². The molecule has 0 aromatic heterocycles. The Hall–Kier alpha value is -1.63. The number of benzene rings is 1. The molecule has 0 unspecified atom stereocenters. The van der Waals surface area contributed by atoms with Crippen molar-refractivity contribution < 1.29 is 18.0 Å². The molecule has 0 aliphatic rings. The van der Waals surface area contributed by atoms with E-state index in [1.807, 2.05) is 0 Å². The second-order valence-electron chi connectivity index (χ2n) is 3.35. The average molecular weight is 262 g/mol. The lowest BCUT2D eigenvalue weighted by Gasteiger charge is -2.16. The van der Waals surface area contributed by atoms with Gasteiger partial charge in [-0.3, -0.25) is 4.79 Å². The minimum absolute atomic E-state index is 0.0313. The van der Waals surface area contributed by atoms with Gasteiger partial charge in [-0.1, -0.05) is 12.2 Å². The fraction of sp³-hybridized carbons (Fsp3) is 0.200. The van der Waals surface area contributed by atoms with Gasteiger partial charge < -0.3 is 10.6 Å². The zero-order valence-electron chi connectivity index (χ0n) is 8.84. The van der Waals surface area contributed by atoms with E-state index in [0.29, 0.717) is 6.07 Å². The molecule has 3 nitrogen and oxygen atoms in total. The highest BCUT2D eigenvalue weighted by molar-refractivity contribution is 7.80. The molecule has 1 aromatic rings. The summed E-state index contributed by atoms with van der Waals surface area (Å²) in [5.41, 5.74) is 4.64. The molecule has 0 aliphatic carbocycles. The lowest BCUT2D eigenvalue weighted by molar-refractivity contribution is 0.0809. The Morgan fingerprint density at radius 2 is 1.94 bits per heavy atom. The van der Waals surface area contributed by atoms with Gasteiger partial charge in [0.25, 0.3) is 5.91 Å². The Bertz CT molecular complexity index is 479. The number of carbonyl (C=O) groups excluding carboxylic acids is 1. The minimum Gasteiger partial charge on any atom is -0.392 e. The van der Waals surface area contributed by atoms with Gasteiger partial charge in [-0.15, -0.1) is 0 Å². The van der Waals surface area contributed by atoms with E-state index in [1.54, 1.807) is 0 Å². The highest BCUT2D eigenvalue weighted by Crippen LogP contribution is 2.16. The van der Waals surface area contributed by atoms with E-state index in [2.05, 4.69) is 12.2 Å². The molecular weight excluding hydrogens is 253 g/mol. The van der Waals surface area contributed by atoms with Crippen LogP contribution in [0.4, 0.5) is 13.2 Å². The monoisotopic (exact) mass is 262 g/mol. The maximum Gasteiger partial charge on any atom is 0.257 e. The molecule has 0 spiro atoms. The topological polar surface area (TPSA) is 46.3 Å². The number of nitrogens with zero attached hydrogens (tertiary/aromatic N) is 1. The first kappa shape index (κ1) is 13.4. The van der Waals surface area contributed by atoms with Gasteiger partial charge in [-0.25, -0.2) is 13.2 Å². The van der Waals surface area contributed by atoms with E-state index >= 15 is 0 Å². The second-order valence-corrected chi connectivity index (χ2v) is 3.87. The van der Waals surface area contributed by atoms with E-state index in [-0.39, 0.29) is 11.5 Å². The number of carbonyl (C=O) groups is 1. The van der Waals surface area contributed by atoms with Crippen LogP contribution < -0.4 is 5.73 Å². The normalized spacial score (nSPS) is 10.1. The third-order valence-corrected chi connectivity index (χ3v) is 2.13. The molecule has 0 bridgehead atoms. The number of thiocarbonyl (C=S) groups is 1. The number of hydrogen-bond donors (Lipinski definition) is 1. The summed E-state index contributed by atoms with van der Waals surface area (Å²) in [7, 11) is 1.32. The zero-order chi connectivity index (χ0) is 13.2. The SMILES string of the molecule is CN(CC(N)=S)C(=O)c1ccc(F)c(F)c1F. The van der Waals surface area contributed by atoms with Crippen LogP contribution in [-0.2, 0) is 0 Å². The molecule has 0 radical (unpaired) electrons. The summed E-state index contributed by atoms with van der Waals surface area (Å²) in [5, 5.41) is 0. The van der Waals surface area contributed by atoms with Gasteiger partial charge in [0.1, 0.15) is 0 Å². The highest BCUT2D eigenvalue weighted by Gasteiger charge is 2.21. The van der Waals surface area contributed by atoms with Crippen LogP contribution >= 0.6 is 12.2 Å². The second kappa shape index (κ2) is 5.13. The maximum atomic E-state index is 13.3. The van der Waals surface area contributed by atoms with Crippen molar-refractivity contribution in [1.82, 2.24) is 4.90 Å². The predicted molar refractivity (Wildman–Crippen MR) is 60.1 cm³/mol. The third kappa shape index (κ3) is 2.94. The van der Waals surface area contributed by atoms with Gasteiger partial charge in [0.2, 0.25) is 0 Å². The number of halogens is 3. The summed E-state index contributed by atoms with van der Waals surface area (Å²) in [6.45, 7) is -0.0768. The van der Waals surface area contributed by atoms with E-state index in [4.69, 9.17) is 5.73 Å². The molecule has 92 valence electrons. The molecule has 0 fully saturated rings. The lowest BCUT2D eigenvalue weighted by Crippen LogP contribution is -2.35. The highest BCUT2D eigenvalue weighted by atomic mass is 32.1. The Morgan fingerprint density at radius 1 is 1.35 bits per heavy atom. The van der Waals surface area contributed by atoms with E-state index in [1.165, 1.54) is 7.05 Å². The van der Waals surface area contributed by atoms with Gasteiger partial charge in [-0.2, -0.15) is 0 Å². The molecule has 1 aromatic carbocycles. The van der Waals surface area contributed by atoms with Crippen molar-refractivity contribution >= 4 is 23.1 Å². The van der Waals surface area contributed by atoms with Crippen molar-refractivity contribution in [2.75, 3.05) is 13.6 Å². The number of rotatable bonds is 3. The third-order valence-electron chi connectivity index (χ3n) is 2.01. The quantitative estimate of drug-likeness (QED) is 0.662. The molecule has 17 heavy (non-hydrogen) atoms. The molecule has 0 saturated carbocycles. The fourth-order valence-corrected chi connectivity index (χ4v) is 1.40. The summed E-state index contributed by atoms with van der Waals surface area (Å²) in [4.78, 5) is 12.7. The van der Waals surface area contributed by atoms with E-state index < -0.39 is 28.9 Å². The van der Waals surface area contributed by atoms with Crippen molar-refractivity contribution in [2.24, 2.45) is 5.73 Å². The van der Waals surface area contributed by atoms with Gasteiger partial charge in [-0.05, 0) is 12.1 Å². The van der Waals surface area contributed by atoms with Crippen molar-refractivity contribution in [2.45, 2.75) is 0 Å². The van der Waals surface area contributed by atoms with Crippen molar-refractivity contribution in [3.63, 3.8) is 0 Å². The molecule has 2 N–H and O–H groups in total. The van der Waals surface area contributed by atoms with Gasteiger partial charge in [0.15, 0.2) is 17.5 Å². The summed E-state index contributed by atoms with van der Waals surface area (Å²) in [6, 6.07) is 1.55. The largest absolute Gasteiger partial charge is 0.392 e. The van der Waals surface area contributed by atoms with Crippen LogP contribution in [-0.4, -0.2) is 29.4 Å². The molecule has 0 saturated heterocycles. The van der Waals surface area contributed by atoms with Crippen molar-refractivity contribution in [3.8, 4) is 0 Å². The number of hydrogen-bond acceptors (Lipinski definition) is 2. The summed E-state index contributed by atoms with van der Waals surface area (Å²) >= 11 is 4.58. The van der Waals surface area contributed by atoms with Crippen molar-refractivity contribution in [3.05, 3.63) is 35.1 Å². The Balaban J connectivity index is 3.05. The molecule has 7 heteroatoms. The van der Waals surface area contributed by atoms with Crippen LogP contribution in [0.25, 0.3) is 0 Å². The first-order valence-electron chi connectivity index (χ1n) is 4.52. The van der Waals surface area contributed by atoms with Gasteiger partial charge >= 0.3 is 0 Å². The first-order valence-corrected chi connectivity index (χ1v) is 4.92. The zero-order valence-corrected chi connectivity index (χ0v) is 9.65. The molecule has 0 atom stereocenters. The summed E-state index contributed by atoms with van der Waals surface area (Å²) in [5.74, 6) is -5.38. The van der Waals surface area contributed by atoms with Gasteiger partial charge in [0.05, 0.1) is 17.1 Å². The molecule has 0 aliphatic heterocycles. The van der Waals surface area contributed by atoms with E-state index in [9.17, 15) is 18.0 Å².